The van der Waals surface area contributed by atoms with E-state index in [1.165, 1.54) is 0 Å². The van der Waals surface area contributed by atoms with Gasteiger partial charge in [-0.3, -0.25) is 4.99 Å². The van der Waals surface area contributed by atoms with Crippen LogP contribution in [-0.2, 0) is 16.6 Å². The molecule has 0 atom stereocenters. The van der Waals surface area contributed by atoms with E-state index in [1.54, 1.807) is 29.6 Å². The van der Waals surface area contributed by atoms with Crippen molar-refractivity contribution in [3.05, 3.63) is 42.5 Å². The van der Waals surface area contributed by atoms with E-state index in [4.69, 9.17) is 0 Å². The molecule has 146 valence electrons. The first-order chi connectivity index (χ1) is 12.0. The van der Waals surface area contributed by atoms with Gasteiger partial charge in [0, 0.05) is 46.3 Å². The lowest BCUT2D eigenvalue weighted by Gasteiger charge is -2.32. The van der Waals surface area contributed by atoms with Crippen molar-refractivity contribution in [3.63, 3.8) is 0 Å². The Balaban J connectivity index is 0.00000338. The number of aliphatic imine (C=N–C) groups is 1. The fraction of sp³-hybridized carbons (Fsp3) is 0.471. The van der Waals surface area contributed by atoms with Gasteiger partial charge in [-0.1, -0.05) is 24.3 Å². The molecule has 1 fully saturated rings. The van der Waals surface area contributed by atoms with Gasteiger partial charge < -0.3 is 15.5 Å². The summed E-state index contributed by atoms with van der Waals surface area (Å²) < 4.78 is 27.6. The minimum Gasteiger partial charge on any atom is -0.353 e. The summed E-state index contributed by atoms with van der Waals surface area (Å²) in [6, 6.07) is 7.11. The molecule has 0 saturated carbocycles. The highest BCUT2D eigenvalue weighted by atomic mass is 127. The zero-order chi connectivity index (χ0) is 18.3. The average Bonchev–Trinajstić information content (AvgIpc) is 2.62. The number of hydrogen-bond acceptors (Lipinski definition) is 4. The minimum absolute atomic E-state index is 0. The Labute approximate surface area is 173 Å². The maximum absolute atomic E-state index is 13.0. The molecule has 1 heterocycles. The van der Waals surface area contributed by atoms with E-state index in [9.17, 15) is 8.42 Å². The third-order valence-electron chi connectivity index (χ3n) is 4.14. The normalized spacial score (nSPS) is 16.6. The lowest BCUT2D eigenvalue weighted by Crippen LogP contribution is -2.47. The van der Waals surface area contributed by atoms with Crippen molar-refractivity contribution in [2.45, 2.75) is 11.4 Å². The molecule has 9 heteroatoms. The number of nitrogens with zero attached hydrogens (tertiary/aromatic N) is 3. The molecule has 7 nitrogen and oxygen atoms in total. The third-order valence-corrected chi connectivity index (χ3v) is 6.14. The van der Waals surface area contributed by atoms with E-state index in [0.717, 1.165) is 18.7 Å². The molecule has 0 spiro atoms. The molecule has 0 aliphatic carbocycles. The number of hydrogen-bond donors (Lipinski definition) is 2. The van der Waals surface area contributed by atoms with Crippen molar-refractivity contribution in [1.82, 2.24) is 19.8 Å². The first-order valence-corrected chi connectivity index (χ1v) is 9.75. The second kappa shape index (κ2) is 10.9. The van der Waals surface area contributed by atoms with E-state index in [2.05, 4.69) is 27.1 Å². The lowest BCUT2D eigenvalue weighted by atomic mass is 10.2. The van der Waals surface area contributed by atoms with Crippen molar-refractivity contribution < 1.29 is 8.42 Å². The van der Waals surface area contributed by atoms with Crippen LogP contribution in [0.2, 0.25) is 0 Å². The second-order valence-electron chi connectivity index (χ2n) is 5.91. The number of rotatable bonds is 6. The SMILES string of the molecule is C=CCNC(=NC)NCc1ccccc1S(=O)(=O)N1CCN(C)CC1.I. The highest BCUT2D eigenvalue weighted by Crippen LogP contribution is 2.21. The quantitative estimate of drug-likeness (QED) is 0.269. The smallest absolute Gasteiger partial charge is 0.243 e. The Morgan fingerprint density at radius 1 is 1.23 bits per heavy atom. The van der Waals surface area contributed by atoms with Crippen LogP contribution in [0, 0.1) is 0 Å². The van der Waals surface area contributed by atoms with Gasteiger partial charge in [-0.2, -0.15) is 4.31 Å². The molecule has 1 aliphatic rings. The minimum atomic E-state index is -3.50. The average molecular weight is 493 g/mol. The van der Waals surface area contributed by atoms with Crippen molar-refractivity contribution in [3.8, 4) is 0 Å². The number of nitrogens with one attached hydrogen (secondary N) is 2. The second-order valence-corrected chi connectivity index (χ2v) is 7.82. The maximum Gasteiger partial charge on any atom is 0.243 e. The van der Waals surface area contributed by atoms with Crippen molar-refractivity contribution in [2.75, 3.05) is 46.8 Å². The van der Waals surface area contributed by atoms with Crippen LogP contribution in [-0.4, -0.2) is 70.4 Å². The summed E-state index contributed by atoms with van der Waals surface area (Å²) in [5, 5.41) is 6.21. The Morgan fingerprint density at radius 3 is 2.50 bits per heavy atom. The van der Waals surface area contributed by atoms with E-state index in [-0.39, 0.29) is 24.0 Å². The number of likely N-dealkylation sites (N-methyl/N-ethyl adjacent to an activating group) is 1. The Morgan fingerprint density at radius 2 is 1.88 bits per heavy atom. The molecule has 0 radical (unpaired) electrons. The van der Waals surface area contributed by atoms with E-state index < -0.39 is 10.0 Å². The summed E-state index contributed by atoms with van der Waals surface area (Å²) in [5.41, 5.74) is 0.725. The highest BCUT2D eigenvalue weighted by molar-refractivity contribution is 14.0. The molecule has 0 aromatic heterocycles. The first kappa shape index (κ1) is 22.9. The van der Waals surface area contributed by atoms with Crippen LogP contribution in [0.25, 0.3) is 0 Å². The molecule has 1 saturated heterocycles. The molecular formula is C17H28IN5O2S. The molecule has 0 amide bonds. The van der Waals surface area contributed by atoms with Gasteiger partial charge in [0.25, 0.3) is 0 Å². The maximum atomic E-state index is 13.0. The van der Waals surface area contributed by atoms with E-state index in [1.807, 2.05) is 19.2 Å². The van der Waals surface area contributed by atoms with Crippen LogP contribution in [0.1, 0.15) is 5.56 Å². The zero-order valence-corrected chi connectivity index (χ0v) is 18.5. The first-order valence-electron chi connectivity index (χ1n) is 8.31. The molecule has 2 N–H and O–H groups in total. The molecule has 1 aromatic carbocycles. The van der Waals surface area contributed by atoms with Crippen molar-refractivity contribution >= 4 is 40.0 Å². The van der Waals surface area contributed by atoms with Gasteiger partial charge in [0.05, 0.1) is 4.90 Å². The molecule has 26 heavy (non-hydrogen) atoms. The van der Waals surface area contributed by atoms with E-state index >= 15 is 0 Å². The van der Waals surface area contributed by atoms with Crippen LogP contribution in [0.5, 0.6) is 0 Å². The van der Waals surface area contributed by atoms with Crippen molar-refractivity contribution in [1.29, 1.82) is 0 Å². The highest BCUT2D eigenvalue weighted by Gasteiger charge is 2.29. The molecular weight excluding hydrogens is 465 g/mol. The predicted octanol–water partition coefficient (Wildman–Crippen LogP) is 1.09. The number of piperazine rings is 1. The summed E-state index contributed by atoms with van der Waals surface area (Å²) >= 11 is 0. The molecule has 0 unspecified atom stereocenters. The Kier molecular flexibility index (Phi) is 9.55. The lowest BCUT2D eigenvalue weighted by molar-refractivity contribution is 0.222. The van der Waals surface area contributed by atoms with Crippen LogP contribution in [0.15, 0.2) is 46.8 Å². The van der Waals surface area contributed by atoms with Crippen LogP contribution >= 0.6 is 24.0 Å². The zero-order valence-electron chi connectivity index (χ0n) is 15.3. The Hall–Kier alpha value is -1.17. The number of halogens is 1. The Bertz CT molecular complexity index is 716. The molecule has 0 bridgehead atoms. The largest absolute Gasteiger partial charge is 0.353 e. The van der Waals surface area contributed by atoms with Crippen LogP contribution < -0.4 is 10.6 Å². The molecule has 2 rings (SSSR count). The summed E-state index contributed by atoms with van der Waals surface area (Å²) in [6.07, 6.45) is 1.73. The van der Waals surface area contributed by atoms with E-state index in [0.29, 0.717) is 37.0 Å². The molecule has 1 aliphatic heterocycles. The van der Waals surface area contributed by atoms with Gasteiger partial charge >= 0.3 is 0 Å². The monoisotopic (exact) mass is 493 g/mol. The summed E-state index contributed by atoms with van der Waals surface area (Å²) in [6.45, 7) is 7.14. The molecule has 1 aromatic rings. The summed E-state index contributed by atoms with van der Waals surface area (Å²) in [7, 11) is 0.178. The fourth-order valence-corrected chi connectivity index (χ4v) is 4.28. The van der Waals surface area contributed by atoms with Gasteiger partial charge in [-0.15, -0.1) is 30.6 Å². The summed E-state index contributed by atoms with van der Waals surface area (Å²) in [4.78, 5) is 6.60. The predicted molar refractivity (Wildman–Crippen MR) is 117 cm³/mol. The number of sulfonamides is 1. The van der Waals surface area contributed by atoms with Gasteiger partial charge in [0.2, 0.25) is 10.0 Å². The standard InChI is InChI=1S/C17H27N5O2S.HI/c1-4-9-19-17(18-2)20-14-15-7-5-6-8-16(15)25(23,24)22-12-10-21(3)11-13-22;/h4-8H,1,9-14H2,2-3H3,(H2,18,19,20);1H. The van der Waals surface area contributed by atoms with Crippen LogP contribution in [0.3, 0.4) is 0 Å². The van der Waals surface area contributed by atoms with Gasteiger partial charge in [-0.25, -0.2) is 8.42 Å². The van der Waals surface area contributed by atoms with Gasteiger partial charge in [-0.05, 0) is 18.7 Å². The summed E-state index contributed by atoms with van der Waals surface area (Å²) in [5.74, 6) is 0.603. The van der Waals surface area contributed by atoms with Gasteiger partial charge in [0.15, 0.2) is 5.96 Å². The van der Waals surface area contributed by atoms with Crippen molar-refractivity contribution in [2.24, 2.45) is 4.99 Å². The fourth-order valence-electron chi connectivity index (χ4n) is 2.64. The number of benzene rings is 1. The van der Waals surface area contributed by atoms with Gasteiger partial charge in [0.1, 0.15) is 0 Å². The topological polar surface area (TPSA) is 77.0 Å². The number of guanidine groups is 1. The third kappa shape index (κ3) is 5.93. The van der Waals surface area contributed by atoms with Crippen LogP contribution in [0.4, 0.5) is 0 Å².